The number of anilines is 2. The number of thioether (sulfide) groups is 1. The predicted molar refractivity (Wildman–Crippen MR) is 108 cm³/mol. The summed E-state index contributed by atoms with van der Waals surface area (Å²) in [4.78, 5) is 20.7. The Labute approximate surface area is 167 Å². The largest absolute Gasteiger partial charge is 0.369 e. The number of carbonyl (C=O) groups is 1. The summed E-state index contributed by atoms with van der Waals surface area (Å²) in [6, 6.07) is 8.21. The number of benzene rings is 1. The highest BCUT2D eigenvalue weighted by Gasteiger charge is 2.54. The van der Waals surface area contributed by atoms with Crippen LogP contribution in [0.5, 0.6) is 0 Å². The molecule has 3 aliphatic rings. The Morgan fingerprint density at radius 1 is 1.29 bits per heavy atom. The molecule has 7 heteroatoms. The second-order valence-corrected chi connectivity index (χ2v) is 9.51. The van der Waals surface area contributed by atoms with Crippen LogP contribution in [0.3, 0.4) is 0 Å². The van der Waals surface area contributed by atoms with Crippen molar-refractivity contribution < 1.29 is 9.18 Å². The number of halogens is 1. The van der Waals surface area contributed by atoms with Crippen molar-refractivity contribution in [2.75, 3.05) is 11.1 Å². The molecular weight excluding hydrogens is 375 g/mol. The van der Waals surface area contributed by atoms with Gasteiger partial charge in [-0.1, -0.05) is 12.1 Å². The van der Waals surface area contributed by atoms with Crippen molar-refractivity contribution in [2.45, 2.75) is 30.9 Å². The van der Waals surface area contributed by atoms with Crippen molar-refractivity contribution in [1.29, 1.82) is 0 Å². The second-order valence-electron chi connectivity index (χ2n) is 8.16. The number of nitrogens with one attached hydrogen (secondary N) is 1. The van der Waals surface area contributed by atoms with Crippen LogP contribution in [-0.2, 0) is 17.6 Å². The lowest BCUT2D eigenvalue weighted by molar-refractivity contribution is -0.125. The van der Waals surface area contributed by atoms with Gasteiger partial charge in [-0.2, -0.15) is 11.8 Å². The van der Waals surface area contributed by atoms with E-state index in [1.807, 2.05) is 23.9 Å². The highest BCUT2D eigenvalue weighted by molar-refractivity contribution is 7.99. The van der Waals surface area contributed by atoms with Crippen LogP contribution >= 0.6 is 11.8 Å². The van der Waals surface area contributed by atoms with Gasteiger partial charge in [0.25, 0.3) is 0 Å². The van der Waals surface area contributed by atoms with Gasteiger partial charge in [0.2, 0.25) is 11.9 Å². The first-order valence-electron chi connectivity index (χ1n) is 9.87. The average Bonchev–Trinajstić information content (AvgIpc) is 3.22. The van der Waals surface area contributed by atoms with Crippen LogP contribution in [-0.4, -0.2) is 26.9 Å². The Bertz CT molecular complexity index is 923. The molecule has 6 bridgehead atoms. The molecule has 0 unspecified atom stereocenters. The molecule has 0 saturated heterocycles. The van der Waals surface area contributed by atoms with Gasteiger partial charge in [0.05, 0.1) is 11.9 Å². The van der Waals surface area contributed by atoms with E-state index < -0.39 is 5.82 Å². The minimum absolute atomic E-state index is 0.0618. The molecule has 2 saturated carbocycles. The van der Waals surface area contributed by atoms with Gasteiger partial charge in [0, 0.05) is 16.9 Å². The highest BCUT2D eigenvalue weighted by Crippen LogP contribution is 2.56. The van der Waals surface area contributed by atoms with E-state index in [2.05, 4.69) is 27.4 Å². The van der Waals surface area contributed by atoms with Crippen LogP contribution in [0.1, 0.15) is 24.1 Å². The predicted octanol–water partition coefficient (Wildman–Crippen LogP) is 3.32. The summed E-state index contributed by atoms with van der Waals surface area (Å²) in [5.74, 6) is 1.37. The molecule has 2 aromatic rings. The van der Waals surface area contributed by atoms with Crippen molar-refractivity contribution in [1.82, 2.24) is 9.97 Å². The lowest BCUT2D eigenvalue weighted by atomic mass is 9.76. The van der Waals surface area contributed by atoms with Gasteiger partial charge in [-0.25, -0.2) is 14.4 Å². The van der Waals surface area contributed by atoms with Gasteiger partial charge >= 0.3 is 0 Å². The van der Waals surface area contributed by atoms with Gasteiger partial charge < -0.3 is 11.1 Å². The van der Waals surface area contributed by atoms with Crippen molar-refractivity contribution in [3.8, 4) is 0 Å². The van der Waals surface area contributed by atoms with E-state index in [1.54, 1.807) is 0 Å². The van der Waals surface area contributed by atoms with Crippen LogP contribution in [0.2, 0.25) is 0 Å². The third kappa shape index (κ3) is 3.15. The van der Waals surface area contributed by atoms with Crippen LogP contribution < -0.4 is 11.1 Å². The zero-order chi connectivity index (χ0) is 19.3. The van der Waals surface area contributed by atoms with Gasteiger partial charge in [-0.05, 0) is 66.9 Å². The summed E-state index contributed by atoms with van der Waals surface area (Å²) in [6.07, 6.45) is 4.71. The third-order valence-corrected chi connectivity index (χ3v) is 8.00. The molecule has 0 radical (unpaired) electrons. The zero-order valence-electron chi connectivity index (χ0n) is 15.5. The smallest absolute Gasteiger partial charge is 0.227 e. The van der Waals surface area contributed by atoms with E-state index in [4.69, 9.17) is 5.73 Å². The lowest BCUT2D eigenvalue weighted by Gasteiger charge is -2.34. The number of nitrogens with zero attached hydrogens (tertiary/aromatic N) is 2. The van der Waals surface area contributed by atoms with E-state index >= 15 is 0 Å². The minimum Gasteiger partial charge on any atom is -0.369 e. The lowest BCUT2D eigenvalue weighted by Crippen LogP contribution is -2.39. The maximum atomic E-state index is 14.5. The highest BCUT2D eigenvalue weighted by atomic mass is 32.2. The third-order valence-electron chi connectivity index (χ3n) is 6.59. The van der Waals surface area contributed by atoms with Crippen molar-refractivity contribution in [3.63, 3.8) is 0 Å². The maximum Gasteiger partial charge on any atom is 0.227 e. The standard InChI is InChI=1S/C21H23FN4OS/c22-16-10-24-21-25-13-3-1-2-11(6-13)4-5-28-18-8-12-7-14(18)15(9-17(16)26-21)19(12)20(23)27/h1-3,6,10,12,14-15,18-19H,4-5,7-9H2,(H2,23,27)(H,24,25,26)/t12-,14+,15-,18-,19+/m1/s1. The van der Waals surface area contributed by atoms with E-state index in [9.17, 15) is 9.18 Å². The van der Waals surface area contributed by atoms with E-state index in [0.29, 0.717) is 35.1 Å². The molecule has 0 spiro atoms. The number of aryl methyl sites for hydroxylation is 1. The van der Waals surface area contributed by atoms with Gasteiger partial charge in [-0.3, -0.25) is 4.79 Å². The fraction of sp³-hybridized carbons (Fsp3) is 0.476. The van der Waals surface area contributed by atoms with Crippen molar-refractivity contribution in [3.05, 3.63) is 47.5 Å². The molecule has 2 heterocycles. The molecule has 1 amide bonds. The maximum absolute atomic E-state index is 14.5. The monoisotopic (exact) mass is 398 g/mol. The van der Waals surface area contributed by atoms with Crippen LogP contribution in [0.25, 0.3) is 0 Å². The molecule has 1 aromatic carbocycles. The number of rotatable bonds is 1. The Hall–Kier alpha value is -2.15. The van der Waals surface area contributed by atoms with E-state index in [0.717, 1.165) is 30.7 Å². The number of hydrogen-bond donors (Lipinski definition) is 2. The molecular formula is C21H23FN4OS. The summed E-state index contributed by atoms with van der Waals surface area (Å²) in [5, 5.41) is 3.70. The quantitative estimate of drug-likeness (QED) is 0.770. The topological polar surface area (TPSA) is 80.9 Å². The summed E-state index contributed by atoms with van der Waals surface area (Å²) < 4.78 is 14.5. The summed E-state index contributed by atoms with van der Waals surface area (Å²) in [7, 11) is 0. The molecule has 1 aliphatic heterocycles. The average molecular weight is 399 g/mol. The molecule has 146 valence electrons. The van der Waals surface area contributed by atoms with Gasteiger partial charge in [0.1, 0.15) is 0 Å². The van der Waals surface area contributed by atoms with Crippen molar-refractivity contribution >= 4 is 29.3 Å². The number of aromatic nitrogens is 2. The summed E-state index contributed by atoms with van der Waals surface area (Å²) in [5.41, 5.74) is 8.28. The summed E-state index contributed by atoms with van der Waals surface area (Å²) >= 11 is 2.00. The Balaban J connectivity index is 1.54. The minimum atomic E-state index is -0.415. The number of nitrogens with two attached hydrogens (primary N) is 1. The SMILES string of the molecule is NC(=O)[C@H]1[C@@H]2C[C@H]3[C@H]1Cc1nc(ncc1F)Nc1cccc(c1)CCS[C@@H]3C2. The number of fused-ring (bicyclic) bond motifs is 5. The van der Waals surface area contributed by atoms with Gasteiger partial charge in [-0.15, -0.1) is 0 Å². The van der Waals surface area contributed by atoms with Crippen LogP contribution in [0, 0.1) is 29.5 Å². The Kier molecular flexibility index (Phi) is 4.50. The molecule has 2 fully saturated rings. The number of hydrogen-bond acceptors (Lipinski definition) is 5. The molecule has 5 nitrogen and oxygen atoms in total. The first-order chi connectivity index (χ1) is 13.6. The first kappa shape index (κ1) is 17.9. The van der Waals surface area contributed by atoms with Crippen molar-refractivity contribution in [2.24, 2.45) is 29.4 Å². The molecule has 1 aromatic heterocycles. The first-order valence-corrected chi connectivity index (χ1v) is 10.9. The Morgan fingerprint density at radius 2 is 2.18 bits per heavy atom. The van der Waals surface area contributed by atoms with Crippen LogP contribution in [0.15, 0.2) is 30.5 Å². The molecule has 5 rings (SSSR count). The number of carbonyl (C=O) groups excluding carboxylic acids is 1. The number of primary amides is 1. The van der Waals surface area contributed by atoms with E-state index in [1.165, 1.54) is 11.8 Å². The second kappa shape index (κ2) is 7.03. The molecule has 5 atom stereocenters. The number of amides is 1. The zero-order valence-corrected chi connectivity index (χ0v) is 16.3. The normalized spacial score (nSPS) is 31.1. The summed E-state index contributed by atoms with van der Waals surface area (Å²) in [6.45, 7) is 0. The van der Waals surface area contributed by atoms with Crippen LogP contribution in [0.4, 0.5) is 16.0 Å². The fourth-order valence-corrected chi connectivity index (χ4v) is 7.03. The molecule has 28 heavy (non-hydrogen) atoms. The fourth-order valence-electron chi connectivity index (χ4n) is 5.43. The van der Waals surface area contributed by atoms with Gasteiger partial charge in [0.15, 0.2) is 5.82 Å². The molecule has 3 N–H and O–H groups in total. The molecule has 2 aliphatic carbocycles. The Morgan fingerprint density at radius 3 is 3.04 bits per heavy atom. The van der Waals surface area contributed by atoms with E-state index in [-0.39, 0.29) is 17.7 Å².